The number of likely N-dealkylation sites (N-methyl/N-ethyl adjacent to an activating group) is 1. The van der Waals surface area contributed by atoms with Crippen LogP contribution in [0.5, 0.6) is 0 Å². The fourth-order valence-electron chi connectivity index (χ4n) is 5.53. The molecule has 0 atom stereocenters. The molecular weight excluding hydrogens is 450 g/mol. The quantitative estimate of drug-likeness (QED) is 0.378. The molecule has 194 valence electrons. The SMILES string of the molecule is C/C=C\C1=C(/C=C(\C)c2csc(C3CCN(CC(=O)N(CC)CC)CC3)n2)C(C)(C)CCC1(C)C. The molecular formula is C30H47N3OS. The lowest BCUT2D eigenvalue weighted by molar-refractivity contribution is -0.132. The molecule has 2 heterocycles. The molecule has 2 aliphatic rings. The number of aromatic nitrogens is 1. The molecule has 1 aliphatic carbocycles. The van der Waals surface area contributed by atoms with Crippen molar-refractivity contribution in [1.82, 2.24) is 14.8 Å². The molecule has 3 rings (SSSR count). The Bertz CT molecular complexity index is 969. The molecule has 0 radical (unpaired) electrons. The van der Waals surface area contributed by atoms with Crippen molar-refractivity contribution in [1.29, 1.82) is 0 Å². The molecule has 1 aliphatic heterocycles. The monoisotopic (exact) mass is 497 g/mol. The molecule has 1 fully saturated rings. The van der Waals surface area contributed by atoms with Crippen LogP contribution < -0.4 is 0 Å². The van der Waals surface area contributed by atoms with Crippen LogP contribution in [0.15, 0.2) is 34.8 Å². The predicted molar refractivity (Wildman–Crippen MR) is 151 cm³/mol. The van der Waals surface area contributed by atoms with Crippen LogP contribution in [-0.4, -0.2) is 53.4 Å². The van der Waals surface area contributed by atoms with Crippen LogP contribution in [0.4, 0.5) is 0 Å². The van der Waals surface area contributed by atoms with Gasteiger partial charge in [-0.3, -0.25) is 9.69 Å². The Morgan fingerprint density at radius 2 is 1.71 bits per heavy atom. The van der Waals surface area contributed by atoms with Gasteiger partial charge >= 0.3 is 0 Å². The van der Waals surface area contributed by atoms with E-state index in [0.717, 1.165) is 44.7 Å². The molecule has 5 heteroatoms. The summed E-state index contributed by atoms with van der Waals surface area (Å²) in [5.41, 5.74) is 5.68. The Labute approximate surface area is 218 Å². The number of allylic oxidation sites excluding steroid dienone is 6. The normalized spacial score (nSPS) is 21.7. The minimum Gasteiger partial charge on any atom is -0.342 e. The van der Waals surface area contributed by atoms with E-state index in [1.807, 2.05) is 16.2 Å². The molecule has 1 amide bonds. The molecule has 0 N–H and O–H groups in total. The number of piperidine rings is 1. The zero-order valence-corrected chi connectivity index (χ0v) is 24.2. The molecule has 4 nitrogen and oxygen atoms in total. The first-order valence-electron chi connectivity index (χ1n) is 13.5. The largest absolute Gasteiger partial charge is 0.342 e. The maximum atomic E-state index is 12.5. The third kappa shape index (κ3) is 6.54. The molecule has 1 aromatic rings. The number of amides is 1. The van der Waals surface area contributed by atoms with E-state index in [0.29, 0.717) is 12.5 Å². The molecule has 0 aromatic carbocycles. The zero-order valence-electron chi connectivity index (χ0n) is 23.4. The summed E-state index contributed by atoms with van der Waals surface area (Å²) in [4.78, 5) is 21.8. The van der Waals surface area contributed by atoms with Crippen LogP contribution in [0.2, 0.25) is 0 Å². The average Bonchev–Trinajstić information content (AvgIpc) is 3.31. The second-order valence-electron chi connectivity index (χ2n) is 11.6. The number of carbonyl (C=O) groups is 1. The van der Waals surface area contributed by atoms with E-state index < -0.39 is 0 Å². The number of nitrogens with zero attached hydrogens (tertiary/aromatic N) is 3. The van der Waals surface area contributed by atoms with E-state index in [9.17, 15) is 4.79 Å². The van der Waals surface area contributed by atoms with Crippen molar-refractivity contribution in [3.8, 4) is 0 Å². The summed E-state index contributed by atoms with van der Waals surface area (Å²) >= 11 is 1.81. The lowest BCUT2D eigenvalue weighted by Gasteiger charge is -2.42. The van der Waals surface area contributed by atoms with Gasteiger partial charge in [0.25, 0.3) is 0 Å². The number of hydrogen-bond donors (Lipinski definition) is 0. The Kier molecular flexibility index (Phi) is 9.20. The second kappa shape index (κ2) is 11.6. The van der Waals surface area contributed by atoms with E-state index in [4.69, 9.17) is 4.98 Å². The highest BCUT2D eigenvalue weighted by Crippen LogP contribution is 2.50. The van der Waals surface area contributed by atoms with Crippen LogP contribution in [0.3, 0.4) is 0 Å². The van der Waals surface area contributed by atoms with Crippen molar-refractivity contribution in [2.24, 2.45) is 10.8 Å². The highest BCUT2D eigenvalue weighted by Gasteiger charge is 2.37. The van der Waals surface area contributed by atoms with Gasteiger partial charge in [-0.05, 0) is 94.0 Å². The minimum atomic E-state index is 0.167. The van der Waals surface area contributed by atoms with Gasteiger partial charge in [-0.25, -0.2) is 4.98 Å². The molecule has 35 heavy (non-hydrogen) atoms. The van der Waals surface area contributed by atoms with E-state index in [2.05, 4.69) is 83.9 Å². The highest BCUT2D eigenvalue weighted by atomic mass is 32.1. The number of thiazole rings is 1. The molecule has 0 unspecified atom stereocenters. The van der Waals surface area contributed by atoms with E-state index in [1.54, 1.807) is 0 Å². The minimum absolute atomic E-state index is 0.167. The van der Waals surface area contributed by atoms with Crippen LogP contribution in [-0.2, 0) is 4.79 Å². The third-order valence-electron chi connectivity index (χ3n) is 8.16. The van der Waals surface area contributed by atoms with E-state index in [1.165, 1.54) is 34.6 Å². The van der Waals surface area contributed by atoms with Gasteiger partial charge < -0.3 is 4.90 Å². The molecule has 0 saturated carbocycles. The van der Waals surface area contributed by atoms with Crippen molar-refractivity contribution >= 4 is 22.8 Å². The summed E-state index contributed by atoms with van der Waals surface area (Å²) < 4.78 is 0. The number of hydrogen-bond acceptors (Lipinski definition) is 4. The summed E-state index contributed by atoms with van der Waals surface area (Å²) in [7, 11) is 0. The lowest BCUT2D eigenvalue weighted by atomic mass is 9.62. The van der Waals surface area contributed by atoms with Gasteiger partial charge in [-0.1, -0.05) is 45.9 Å². The van der Waals surface area contributed by atoms with Gasteiger partial charge in [0.1, 0.15) is 0 Å². The summed E-state index contributed by atoms with van der Waals surface area (Å²) in [5, 5.41) is 3.50. The van der Waals surface area contributed by atoms with Crippen molar-refractivity contribution in [3.05, 3.63) is 45.5 Å². The van der Waals surface area contributed by atoms with E-state index in [-0.39, 0.29) is 16.7 Å². The first-order chi connectivity index (χ1) is 16.5. The van der Waals surface area contributed by atoms with Crippen molar-refractivity contribution in [2.75, 3.05) is 32.7 Å². The molecule has 0 spiro atoms. The molecule has 1 saturated heterocycles. The smallest absolute Gasteiger partial charge is 0.236 e. The first kappa shape index (κ1) is 27.9. The topological polar surface area (TPSA) is 36.4 Å². The molecule has 0 bridgehead atoms. The zero-order chi connectivity index (χ0) is 25.8. The van der Waals surface area contributed by atoms with Crippen LogP contribution >= 0.6 is 11.3 Å². The Morgan fingerprint density at radius 3 is 2.29 bits per heavy atom. The highest BCUT2D eigenvalue weighted by molar-refractivity contribution is 7.09. The van der Waals surface area contributed by atoms with Gasteiger partial charge in [0.15, 0.2) is 0 Å². The Morgan fingerprint density at radius 1 is 1.11 bits per heavy atom. The predicted octanol–water partition coefficient (Wildman–Crippen LogP) is 7.31. The fraction of sp³-hybridized carbons (Fsp3) is 0.667. The van der Waals surface area contributed by atoms with Gasteiger partial charge in [-0.15, -0.1) is 11.3 Å². The van der Waals surface area contributed by atoms with Crippen LogP contribution in [0.1, 0.15) is 97.7 Å². The van der Waals surface area contributed by atoms with E-state index >= 15 is 0 Å². The van der Waals surface area contributed by atoms with Crippen LogP contribution in [0, 0.1) is 10.8 Å². The summed E-state index contributed by atoms with van der Waals surface area (Å²) in [6.07, 6.45) is 11.5. The average molecular weight is 498 g/mol. The van der Waals surface area contributed by atoms with Gasteiger partial charge in [0.05, 0.1) is 17.2 Å². The van der Waals surface area contributed by atoms with Crippen molar-refractivity contribution < 1.29 is 4.79 Å². The maximum absolute atomic E-state index is 12.5. The van der Waals surface area contributed by atoms with Crippen LogP contribution in [0.25, 0.3) is 5.57 Å². The number of likely N-dealkylation sites (tertiary alicyclic amines) is 1. The maximum Gasteiger partial charge on any atom is 0.236 e. The van der Waals surface area contributed by atoms with Crippen molar-refractivity contribution in [2.45, 2.75) is 87.0 Å². The fourth-order valence-corrected chi connectivity index (χ4v) is 6.58. The van der Waals surface area contributed by atoms with Gasteiger partial charge in [-0.2, -0.15) is 0 Å². The summed E-state index contributed by atoms with van der Waals surface area (Å²) in [5.74, 6) is 0.760. The summed E-state index contributed by atoms with van der Waals surface area (Å²) in [6.45, 7) is 22.1. The number of carbonyl (C=O) groups excluding carboxylic acids is 1. The third-order valence-corrected chi connectivity index (χ3v) is 9.16. The van der Waals surface area contributed by atoms with Crippen molar-refractivity contribution in [3.63, 3.8) is 0 Å². The standard InChI is InChI=1S/C30H47N3OS/c1-9-12-24-25(30(7,8)16-15-29(24,5)6)19-22(4)26-21-35-28(31-26)23-13-17-32(18-14-23)20-27(34)33(10-2)11-3/h9,12,19,21,23H,10-11,13-18,20H2,1-8H3/b12-9-,22-19+. The lowest BCUT2D eigenvalue weighted by Crippen LogP contribution is -2.43. The first-order valence-corrected chi connectivity index (χ1v) is 14.4. The van der Waals surface area contributed by atoms with Gasteiger partial charge in [0, 0.05) is 24.4 Å². The Balaban J connectivity index is 1.72. The summed E-state index contributed by atoms with van der Waals surface area (Å²) in [6, 6.07) is 0. The number of rotatable bonds is 8. The molecule has 1 aromatic heterocycles. The van der Waals surface area contributed by atoms with Gasteiger partial charge in [0.2, 0.25) is 5.91 Å². The Hall–Kier alpha value is -1.72. The second-order valence-corrected chi connectivity index (χ2v) is 12.5.